The molecule has 0 spiro atoms. The molecule has 2 heterocycles. The van der Waals surface area contributed by atoms with Gasteiger partial charge in [0.15, 0.2) is 0 Å². The molecule has 2 rings (SSSR count). The number of rotatable bonds is 3. The molecule has 0 bridgehead atoms. The van der Waals surface area contributed by atoms with Gasteiger partial charge in [0.05, 0.1) is 12.3 Å². The van der Waals surface area contributed by atoms with E-state index >= 15 is 0 Å². The third-order valence-electron chi connectivity index (χ3n) is 2.30. The zero-order chi connectivity index (χ0) is 13.1. The first kappa shape index (κ1) is 12.0. The van der Waals surface area contributed by atoms with Crippen LogP contribution in [0.15, 0.2) is 18.3 Å². The van der Waals surface area contributed by atoms with Gasteiger partial charge < -0.3 is 10.5 Å². The van der Waals surface area contributed by atoms with Gasteiger partial charge in [-0.05, 0) is 13.0 Å². The van der Waals surface area contributed by atoms with E-state index in [0.29, 0.717) is 23.7 Å². The fourth-order valence-corrected chi connectivity index (χ4v) is 1.50. The molecule has 0 saturated heterocycles. The fraction of sp³-hybridized carbons (Fsp3) is 0.273. The maximum absolute atomic E-state index is 11.6. The monoisotopic (exact) mass is 247 g/mol. The van der Waals surface area contributed by atoms with Crippen LogP contribution in [-0.2, 0) is 11.8 Å². The Balaban J connectivity index is 2.37. The van der Waals surface area contributed by atoms with E-state index in [1.807, 2.05) is 0 Å². The van der Waals surface area contributed by atoms with Gasteiger partial charge in [0.2, 0.25) is 5.95 Å². The number of aryl methyl sites for hydroxylation is 1. The first-order valence-corrected chi connectivity index (χ1v) is 5.42. The summed E-state index contributed by atoms with van der Waals surface area (Å²) >= 11 is 0. The predicted molar refractivity (Wildman–Crippen MR) is 64.6 cm³/mol. The van der Waals surface area contributed by atoms with E-state index in [4.69, 9.17) is 10.5 Å². The van der Waals surface area contributed by atoms with Crippen molar-refractivity contribution in [3.8, 4) is 11.4 Å². The number of nitrogens with two attached hydrogens (primary N) is 1. The second-order valence-electron chi connectivity index (χ2n) is 3.56. The highest BCUT2D eigenvalue weighted by Gasteiger charge is 2.15. The first-order valence-electron chi connectivity index (χ1n) is 5.42. The van der Waals surface area contributed by atoms with Crippen LogP contribution in [0.4, 0.5) is 5.95 Å². The number of anilines is 1. The Morgan fingerprint density at radius 3 is 2.94 bits per heavy atom. The lowest BCUT2D eigenvalue weighted by atomic mass is 10.3. The standard InChI is InChI=1S/C11H13N5O2/c1-3-18-10(17)9-6-8(15-16(9)2)7-4-5-13-11(12)14-7/h4-6H,3H2,1-2H3,(H2,12,13,14). The van der Waals surface area contributed by atoms with Gasteiger partial charge in [-0.3, -0.25) is 4.68 Å². The molecule has 0 atom stereocenters. The van der Waals surface area contributed by atoms with E-state index < -0.39 is 5.97 Å². The molecule has 0 aliphatic carbocycles. The number of aromatic nitrogens is 4. The van der Waals surface area contributed by atoms with Crippen molar-refractivity contribution in [3.63, 3.8) is 0 Å². The highest BCUT2D eigenvalue weighted by molar-refractivity contribution is 5.88. The number of hydrogen-bond acceptors (Lipinski definition) is 6. The summed E-state index contributed by atoms with van der Waals surface area (Å²) in [4.78, 5) is 19.5. The summed E-state index contributed by atoms with van der Waals surface area (Å²) in [7, 11) is 1.67. The van der Waals surface area contributed by atoms with Crippen LogP contribution in [0.2, 0.25) is 0 Å². The average Bonchev–Trinajstić information content (AvgIpc) is 2.72. The minimum atomic E-state index is -0.416. The highest BCUT2D eigenvalue weighted by Crippen LogP contribution is 2.17. The highest BCUT2D eigenvalue weighted by atomic mass is 16.5. The van der Waals surface area contributed by atoms with Gasteiger partial charge in [-0.25, -0.2) is 14.8 Å². The normalized spacial score (nSPS) is 10.3. The minimum Gasteiger partial charge on any atom is -0.461 e. The van der Waals surface area contributed by atoms with Crippen LogP contribution in [-0.4, -0.2) is 32.3 Å². The predicted octanol–water partition coefficient (Wildman–Crippen LogP) is 0.636. The number of carbonyl (C=O) groups is 1. The molecule has 0 unspecified atom stereocenters. The number of nitrogen functional groups attached to an aromatic ring is 1. The topological polar surface area (TPSA) is 95.9 Å². The average molecular weight is 247 g/mol. The summed E-state index contributed by atoms with van der Waals surface area (Å²) < 4.78 is 6.37. The summed E-state index contributed by atoms with van der Waals surface area (Å²) in [6, 6.07) is 3.29. The Morgan fingerprint density at radius 1 is 1.50 bits per heavy atom. The van der Waals surface area contributed by atoms with Crippen LogP contribution in [0.25, 0.3) is 11.4 Å². The Hall–Kier alpha value is -2.44. The van der Waals surface area contributed by atoms with Gasteiger partial charge in [0.25, 0.3) is 0 Å². The molecule has 0 saturated carbocycles. The number of nitrogens with zero attached hydrogens (tertiary/aromatic N) is 4. The van der Waals surface area contributed by atoms with E-state index in [1.54, 1.807) is 26.1 Å². The van der Waals surface area contributed by atoms with Gasteiger partial charge in [0.1, 0.15) is 11.4 Å². The van der Waals surface area contributed by atoms with Gasteiger partial charge in [-0.1, -0.05) is 0 Å². The van der Waals surface area contributed by atoms with Crippen molar-refractivity contribution in [2.75, 3.05) is 12.3 Å². The summed E-state index contributed by atoms with van der Waals surface area (Å²) in [5.74, 6) is -0.253. The third kappa shape index (κ3) is 2.29. The molecular formula is C11H13N5O2. The molecule has 18 heavy (non-hydrogen) atoms. The van der Waals surface area contributed by atoms with Crippen molar-refractivity contribution in [1.29, 1.82) is 0 Å². The third-order valence-corrected chi connectivity index (χ3v) is 2.30. The SMILES string of the molecule is CCOC(=O)c1cc(-c2ccnc(N)n2)nn1C. The molecule has 2 aromatic heterocycles. The summed E-state index contributed by atoms with van der Waals surface area (Å²) in [6.07, 6.45) is 1.54. The Kier molecular flexibility index (Phi) is 3.22. The lowest BCUT2D eigenvalue weighted by Crippen LogP contribution is -2.10. The number of esters is 1. The van der Waals surface area contributed by atoms with Crippen LogP contribution in [0, 0.1) is 0 Å². The largest absolute Gasteiger partial charge is 0.461 e. The maximum Gasteiger partial charge on any atom is 0.356 e. The summed E-state index contributed by atoms with van der Waals surface area (Å²) in [6.45, 7) is 2.07. The van der Waals surface area contributed by atoms with Crippen molar-refractivity contribution in [2.24, 2.45) is 7.05 Å². The molecule has 2 aromatic rings. The molecule has 0 fully saturated rings. The van der Waals surface area contributed by atoms with Crippen LogP contribution >= 0.6 is 0 Å². The second-order valence-corrected chi connectivity index (χ2v) is 3.56. The molecule has 0 aromatic carbocycles. The van der Waals surface area contributed by atoms with Crippen LogP contribution in [0.3, 0.4) is 0 Å². The van der Waals surface area contributed by atoms with Gasteiger partial charge in [0, 0.05) is 19.3 Å². The molecule has 0 aliphatic heterocycles. The zero-order valence-electron chi connectivity index (χ0n) is 10.1. The second kappa shape index (κ2) is 4.82. The van der Waals surface area contributed by atoms with Crippen molar-refractivity contribution >= 4 is 11.9 Å². The molecule has 7 heteroatoms. The Labute approximate surface area is 104 Å². The molecule has 94 valence electrons. The first-order chi connectivity index (χ1) is 8.61. The van der Waals surface area contributed by atoms with Gasteiger partial charge in [-0.2, -0.15) is 5.10 Å². The molecule has 2 N–H and O–H groups in total. The number of ether oxygens (including phenoxy) is 1. The summed E-state index contributed by atoms with van der Waals surface area (Å²) in [5, 5.41) is 4.20. The lowest BCUT2D eigenvalue weighted by molar-refractivity contribution is 0.0513. The van der Waals surface area contributed by atoms with Crippen LogP contribution in [0.1, 0.15) is 17.4 Å². The molecule has 0 radical (unpaired) electrons. The Bertz CT molecular complexity index is 579. The van der Waals surface area contributed by atoms with E-state index in [1.165, 1.54) is 10.9 Å². The molecule has 0 amide bonds. The summed E-state index contributed by atoms with van der Waals surface area (Å²) in [5.41, 5.74) is 6.98. The zero-order valence-corrected chi connectivity index (χ0v) is 10.1. The van der Waals surface area contributed by atoms with Crippen molar-refractivity contribution in [1.82, 2.24) is 19.7 Å². The van der Waals surface area contributed by atoms with Crippen molar-refractivity contribution in [3.05, 3.63) is 24.0 Å². The smallest absolute Gasteiger partial charge is 0.356 e. The van der Waals surface area contributed by atoms with E-state index in [-0.39, 0.29) is 5.95 Å². The van der Waals surface area contributed by atoms with Gasteiger partial charge >= 0.3 is 5.97 Å². The van der Waals surface area contributed by atoms with Crippen LogP contribution in [0.5, 0.6) is 0 Å². The van der Waals surface area contributed by atoms with E-state index in [9.17, 15) is 4.79 Å². The lowest BCUT2D eigenvalue weighted by Gasteiger charge is -1.99. The molecule has 0 aliphatic rings. The maximum atomic E-state index is 11.6. The number of hydrogen-bond donors (Lipinski definition) is 1. The minimum absolute atomic E-state index is 0.163. The molecular weight excluding hydrogens is 234 g/mol. The Morgan fingerprint density at radius 2 is 2.28 bits per heavy atom. The van der Waals surface area contributed by atoms with Crippen molar-refractivity contribution in [2.45, 2.75) is 6.92 Å². The molecule has 7 nitrogen and oxygen atoms in total. The number of carbonyl (C=O) groups excluding carboxylic acids is 1. The van der Waals surface area contributed by atoms with E-state index in [0.717, 1.165) is 0 Å². The fourth-order valence-electron chi connectivity index (χ4n) is 1.50. The quantitative estimate of drug-likeness (QED) is 0.799. The van der Waals surface area contributed by atoms with Crippen LogP contribution < -0.4 is 5.73 Å². The van der Waals surface area contributed by atoms with Crippen molar-refractivity contribution < 1.29 is 9.53 Å². The van der Waals surface area contributed by atoms with E-state index in [2.05, 4.69) is 15.1 Å². The van der Waals surface area contributed by atoms with Gasteiger partial charge in [-0.15, -0.1) is 0 Å².